The molecule has 2 heterocycles. The van der Waals surface area contributed by atoms with Gasteiger partial charge in [-0.25, -0.2) is 9.78 Å². The zero-order chi connectivity index (χ0) is 18.4. The first-order valence-corrected chi connectivity index (χ1v) is 8.47. The number of phenolic OH excluding ortho intramolecular Hbond substituents is 1. The van der Waals surface area contributed by atoms with E-state index in [0.29, 0.717) is 23.3 Å². The SMILES string of the molecule is COC(=O)/C=C/c1cnc(N[C@@H]2CCN(Cc3cccc(O)c3)C2)cn1. The lowest BCUT2D eigenvalue weighted by atomic mass is 10.2. The van der Waals surface area contributed by atoms with Crippen molar-refractivity contribution in [2.45, 2.75) is 19.0 Å². The van der Waals surface area contributed by atoms with Gasteiger partial charge in [0.25, 0.3) is 0 Å². The van der Waals surface area contributed by atoms with Crippen molar-refractivity contribution in [3.63, 3.8) is 0 Å². The second kappa shape index (κ2) is 8.44. The van der Waals surface area contributed by atoms with Crippen LogP contribution in [0.25, 0.3) is 6.08 Å². The fraction of sp³-hybridized carbons (Fsp3) is 0.316. The Bertz CT molecular complexity index is 777. The molecule has 136 valence electrons. The quantitative estimate of drug-likeness (QED) is 0.606. The van der Waals surface area contributed by atoms with E-state index in [-0.39, 0.29) is 0 Å². The average Bonchev–Trinajstić information content (AvgIpc) is 3.07. The van der Waals surface area contributed by atoms with E-state index in [9.17, 15) is 9.90 Å². The number of likely N-dealkylation sites (tertiary alicyclic amines) is 1. The van der Waals surface area contributed by atoms with Crippen molar-refractivity contribution in [1.82, 2.24) is 14.9 Å². The highest BCUT2D eigenvalue weighted by molar-refractivity contribution is 5.86. The molecule has 0 radical (unpaired) electrons. The van der Waals surface area contributed by atoms with Crippen LogP contribution in [0.1, 0.15) is 17.7 Å². The molecule has 2 aromatic rings. The Morgan fingerprint density at radius 1 is 1.42 bits per heavy atom. The summed E-state index contributed by atoms with van der Waals surface area (Å²) in [6.07, 6.45) is 7.17. The fourth-order valence-corrected chi connectivity index (χ4v) is 2.94. The van der Waals surface area contributed by atoms with Crippen LogP contribution in [0.3, 0.4) is 0 Å². The van der Waals surface area contributed by atoms with Gasteiger partial charge in [0.05, 0.1) is 25.2 Å². The van der Waals surface area contributed by atoms with E-state index in [1.165, 1.54) is 13.2 Å². The first kappa shape index (κ1) is 17.9. The molecule has 1 aromatic heterocycles. The predicted octanol–water partition coefficient (Wildman–Crippen LogP) is 2.05. The van der Waals surface area contributed by atoms with Crippen LogP contribution in [0, 0.1) is 0 Å². The average molecular weight is 354 g/mol. The van der Waals surface area contributed by atoms with E-state index in [0.717, 1.165) is 31.6 Å². The van der Waals surface area contributed by atoms with Crippen molar-refractivity contribution >= 4 is 17.9 Å². The molecule has 0 amide bonds. The Morgan fingerprint density at radius 3 is 3.04 bits per heavy atom. The number of nitrogens with one attached hydrogen (secondary N) is 1. The lowest BCUT2D eigenvalue weighted by molar-refractivity contribution is -0.134. The lowest BCUT2D eigenvalue weighted by Gasteiger charge is -2.17. The Hall–Kier alpha value is -2.93. The number of carbonyl (C=O) groups excluding carboxylic acids is 1. The molecule has 7 nitrogen and oxygen atoms in total. The number of aromatic hydroxyl groups is 1. The Morgan fingerprint density at radius 2 is 2.31 bits per heavy atom. The molecule has 1 fully saturated rings. The number of esters is 1. The van der Waals surface area contributed by atoms with Gasteiger partial charge in [0.15, 0.2) is 0 Å². The number of benzene rings is 1. The maximum atomic E-state index is 11.1. The maximum Gasteiger partial charge on any atom is 0.330 e. The molecule has 3 rings (SSSR count). The first-order chi connectivity index (χ1) is 12.6. The molecule has 1 aliphatic rings. The second-order valence-electron chi connectivity index (χ2n) is 6.22. The molecule has 1 atom stereocenters. The van der Waals surface area contributed by atoms with E-state index >= 15 is 0 Å². The van der Waals surface area contributed by atoms with Crippen molar-refractivity contribution in [1.29, 1.82) is 0 Å². The highest BCUT2D eigenvalue weighted by atomic mass is 16.5. The largest absolute Gasteiger partial charge is 0.508 e. The van der Waals surface area contributed by atoms with Gasteiger partial charge in [-0.2, -0.15) is 0 Å². The highest BCUT2D eigenvalue weighted by Gasteiger charge is 2.22. The molecule has 0 unspecified atom stereocenters. The standard InChI is InChI=1S/C19H22N4O3/c1-26-19(25)6-5-15-10-21-18(11-20-15)22-16-7-8-23(13-16)12-14-3-2-4-17(24)9-14/h2-6,9-11,16,24H,7-8,12-13H2,1H3,(H,21,22)/b6-5+/t16-/m1/s1. The smallest absolute Gasteiger partial charge is 0.330 e. The zero-order valence-electron chi connectivity index (χ0n) is 14.6. The van der Waals surface area contributed by atoms with E-state index < -0.39 is 5.97 Å². The van der Waals surface area contributed by atoms with Crippen LogP contribution < -0.4 is 5.32 Å². The summed E-state index contributed by atoms with van der Waals surface area (Å²) in [5.41, 5.74) is 1.70. The minimum atomic E-state index is -0.424. The van der Waals surface area contributed by atoms with Gasteiger partial charge in [-0.3, -0.25) is 9.88 Å². The van der Waals surface area contributed by atoms with Gasteiger partial charge in [0.2, 0.25) is 0 Å². The summed E-state index contributed by atoms with van der Waals surface area (Å²) in [4.78, 5) is 22.0. The summed E-state index contributed by atoms with van der Waals surface area (Å²) in [5.74, 6) is 0.587. The molecule has 26 heavy (non-hydrogen) atoms. The van der Waals surface area contributed by atoms with Crippen LogP contribution in [-0.4, -0.2) is 52.2 Å². The van der Waals surface area contributed by atoms with Crippen molar-refractivity contribution in [3.05, 3.63) is 54.0 Å². The van der Waals surface area contributed by atoms with Crippen molar-refractivity contribution < 1.29 is 14.6 Å². The summed E-state index contributed by atoms with van der Waals surface area (Å²) in [5, 5.41) is 13.0. The number of anilines is 1. The van der Waals surface area contributed by atoms with E-state index in [1.807, 2.05) is 12.1 Å². The number of hydrogen-bond acceptors (Lipinski definition) is 7. The van der Waals surface area contributed by atoms with Gasteiger partial charge >= 0.3 is 5.97 Å². The number of hydrogen-bond donors (Lipinski definition) is 2. The lowest BCUT2D eigenvalue weighted by Crippen LogP contribution is -2.26. The number of rotatable bonds is 6. The summed E-state index contributed by atoms with van der Waals surface area (Å²) in [7, 11) is 1.33. The Balaban J connectivity index is 1.50. The second-order valence-corrected chi connectivity index (χ2v) is 6.22. The van der Waals surface area contributed by atoms with E-state index in [4.69, 9.17) is 0 Å². The minimum absolute atomic E-state index is 0.299. The summed E-state index contributed by atoms with van der Waals surface area (Å²) in [6, 6.07) is 7.67. The van der Waals surface area contributed by atoms with Crippen LogP contribution in [0.2, 0.25) is 0 Å². The van der Waals surface area contributed by atoms with Crippen LogP contribution in [0.5, 0.6) is 5.75 Å². The first-order valence-electron chi connectivity index (χ1n) is 8.47. The van der Waals surface area contributed by atoms with Crippen LogP contribution in [0.15, 0.2) is 42.7 Å². The number of nitrogens with zero attached hydrogens (tertiary/aromatic N) is 3. The Kier molecular flexibility index (Phi) is 5.80. The number of methoxy groups -OCH3 is 1. The third-order valence-corrected chi connectivity index (χ3v) is 4.20. The van der Waals surface area contributed by atoms with E-state index in [2.05, 4.69) is 24.9 Å². The summed E-state index contributed by atoms with van der Waals surface area (Å²) >= 11 is 0. The topological polar surface area (TPSA) is 87.6 Å². The molecule has 0 spiro atoms. The van der Waals surface area contributed by atoms with Gasteiger partial charge in [0.1, 0.15) is 11.6 Å². The molecule has 0 saturated carbocycles. The third-order valence-electron chi connectivity index (χ3n) is 4.20. The van der Waals surface area contributed by atoms with Crippen LogP contribution in [0.4, 0.5) is 5.82 Å². The van der Waals surface area contributed by atoms with Crippen LogP contribution in [-0.2, 0) is 16.1 Å². The van der Waals surface area contributed by atoms with E-state index in [1.54, 1.807) is 30.6 Å². The molecule has 0 aliphatic carbocycles. The monoisotopic (exact) mass is 354 g/mol. The van der Waals surface area contributed by atoms with Gasteiger partial charge in [-0.1, -0.05) is 12.1 Å². The summed E-state index contributed by atoms with van der Waals surface area (Å²) in [6.45, 7) is 2.71. The number of carbonyl (C=O) groups is 1. The highest BCUT2D eigenvalue weighted by Crippen LogP contribution is 2.18. The van der Waals surface area contributed by atoms with Crippen LogP contribution >= 0.6 is 0 Å². The molecule has 1 aromatic carbocycles. The van der Waals surface area contributed by atoms with Gasteiger partial charge in [0, 0.05) is 31.8 Å². The molecule has 0 bridgehead atoms. The van der Waals surface area contributed by atoms with Crippen molar-refractivity contribution in [3.8, 4) is 5.75 Å². The van der Waals surface area contributed by atoms with Gasteiger partial charge in [-0.15, -0.1) is 0 Å². The van der Waals surface area contributed by atoms with Crippen molar-refractivity contribution in [2.24, 2.45) is 0 Å². The minimum Gasteiger partial charge on any atom is -0.508 e. The van der Waals surface area contributed by atoms with Gasteiger partial charge < -0.3 is 15.2 Å². The fourth-order valence-electron chi connectivity index (χ4n) is 2.94. The molecular formula is C19H22N4O3. The van der Waals surface area contributed by atoms with Crippen molar-refractivity contribution in [2.75, 3.05) is 25.5 Å². The molecule has 1 aliphatic heterocycles. The molecule has 2 N–H and O–H groups in total. The molecular weight excluding hydrogens is 332 g/mol. The zero-order valence-corrected chi connectivity index (χ0v) is 14.6. The maximum absolute atomic E-state index is 11.1. The predicted molar refractivity (Wildman–Crippen MR) is 98.5 cm³/mol. The normalized spacial score (nSPS) is 17.5. The molecule has 7 heteroatoms. The Labute approximate surface area is 152 Å². The number of ether oxygens (including phenoxy) is 1. The number of phenols is 1. The number of aromatic nitrogens is 2. The van der Waals surface area contributed by atoms with Gasteiger partial charge in [-0.05, 0) is 30.2 Å². The molecule has 1 saturated heterocycles. The third kappa shape index (κ3) is 5.03. The summed E-state index contributed by atoms with van der Waals surface area (Å²) < 4.78 is 4.54.